The molecule has 5 heteroatoms. The largest absolute Gasteiger partial charge is 0.398 e. The van der Waals surface area contributed by atoms with Crippen molar-refractivity contribution in [2.24, 2.45) is 0 Å². The molecule has 0 saturated heterocycles. The summed E-state index contributed by atoms with van der Waals surface area (Å²) in [5.74, 6) is 0. The molecule has 0 aliphatic carbocycles. The summed E-state index contributed by atoms with van der Waals surface area (Å²) < 4.78 is 1.06. The summed E-state index contributed by atoms with van der Waals surface area (Å²) in [7, 11) is 4.07. The van der Waals surface area contributed by atoms with Gasteiger partial charge in [-0.3, -0.25) is 0 Å². The highest BCUT2D eigenvalue weighted by molar-refractivity contribution is 9.10. The van der Waals surface area contributed by atoms with Crippen molar-refractivity contribution < 1.29 is 0 Å². The standard InChI is InChI=1S/C13H16BrN3S/c1-17(2)12-4-3-9(14)7-11(12)16-8-13-10(15)5-6-18-13/h3-7,16H,8,15H2,1-2H3. The molecule has 0 unspecified atom stereocenters. The van der Waals surface area contributed by atoms with Gasteiger partial charge in [0.25, 0.3) is 0 Å². The molecule has 2 rings (SSSR count). The Hall–Kier alpha value is -1.20. The lowest BCUT2D eigenvalue weighted by Crippen LogP contribution is -2.12. The van der Waals surface area contributed by atoms with E-state index in [1.807, 2.05) is 31.6 Å². The second-order valence-corrected chi connectivity index (χ2v) is 6.12. The number of nitrogens with one attached hydrogen (secondary N) is 1. The zero-order chi connectivity index (χ0) is 13.1. The predicted molar refractivity (Wildman–Crippen MR) is 84.5 cm³/mol. The molecule has 18 heavy (non-hydrogen) atoms. The maximum absolute atomic E-state index is 5.88. The van der Waals surface area contributed by atoms with E-state index < -0.39 is 0 Å². The van der Waals surface area contributed by atoms with Crippen LogP contribution in [0, 0.1) is 0 Å². The van der Waals surface area contributed by atoms with Crippen LogP contribution in [-0.4, -0.2) is 14.1 Å². The van der Waals surface area contributed by atoms with Gasteiger partial charge in [0.15, 0.2) is 0 Å². The van der Waals surface area contributed by atoms with Crippen molar-refractivity contribution in [2.45, 2.75) is 6.54 Å². The number of nitrogen functional groups attached to an aromatic ring is 1. The number of halogens is 1. The predicted octanol–water partition coefficient (Wildman–Crippen LogP) is 3.77. The molecular weight excluding hydrogens is 310 g/mol. The Labute approximate surface area is 120 Å². The van der Waals surface area contributed by atoms with Gasteiger partial charge in [-0.05, 0) is 29.6 Å². The van der Waals surface area contributed by atoms with Crippen LogP contribution >= 0.6 is 27.3 Å². The third-order valence-electron chi connectivity index (χ3n) is 2.66. The SMILES string of the molecule is CN(C)c1ccc(Br)cc1NCc1sccc1N. The van der Waals surface area contributed by atoms with E-state index in [0.717, 1.165) is 28.1 Å². The van der Waals surface area contributed by atoms with Gasteiger partial charge >= 0.3 is 0 Å². The molecule has 0 bridgehead atoms. The zero-order valence-electron chi connectivity index (χ0n) is 10.4. The van der Waals surface area contributed by atoms with Crippen LogP contribution in [0.15, 0.2) is 34.1 Å². The Morgan fingerprint density at radius 2 is 2.11 bits per heavy atom. The molecular formula is C13H16BrN3S. The second kappa shape index (κ2) is 5.63. The van der Waals surface area contributed by atoms with Crippen molar-refractivity contribution in [1.82, 2.24) is 0 Å². The van der Waals surface area contributed by atoms with E-state index in [2.05, 4.69) is 38.3 Å². The molecule has 0 aliphatic rings. The van der Waals surface area contributed by atoms with Gasteiger partial charge in [-0.25, -0.2) is 0 Å². The molecule has 3 N–H and O–H groups in total. The molecule has 1 aromatic carbocycles. The minimum Gasteiger partial charge on any atom is -0.398 e. The quantitative estimate of drug-likeness (QED) is 0.899. The molecule has 1 heterocycles. The molecule has 0 radical (unpaired) electrons. The number of benzene rings is 1. The maximum atomic E-state index is 5.88. The third-order valence-corrected chi connectivity index (χ3v) is 4.09. The Bertz CT molecular complexity index is 537. The van der Waals surface area contributed by atoms with Crippen LogP contribution in [0.3, 0.4) is 0 Å². The monoisotopic (exact) mass is 325 g/mol. The molecule has 0 spiro atoms. The van der Waals surface area contributed by atoms with Gasteiger partial charge in [0.2, 0.25) is 0 Å². The zero-order valence-corrected chi connectivity index (χ0v) is 12.8. The van der Waals surface area contributed by atoms with Crippen LogP contribution in [0.1, 0.15) is 4.88 Å². The molecule has 0 fully saturated rings. The fraction of sp³-hybridized carbons (Fsp3) is 0.231. The highest BCUT2D eigenvalue weighted by atomic mass is 79.9. The van der Waals surface area contributed by atoms with Crippen molar-refractivity contribution >= 4 is 44.3 Å². The number of rotatable bonds is 4. The van der Waals surface area contributed by atoms with Crippen LogP contribution in [0.25, 0.3) is 0 Å². The Morgan fingerprint density at radius 3 is 2.72 bits per heavy atom. The van der Waals surface area contributed by atoms with Crippen LogP contribution in [0.5, 0.6) is 0 Å². The Balaban J connectivity index is 2.18. The lowest BCUT2D eigenvalue weighted by molar-refractivity contribution is 1.11. The second-order valence-electron chi connectivity index (χ2n) is 4.21. The lowest BCUT2D eigenvalue weighted by Gasteiger charge is -2.18. The number of hydrogen-bond donors (Lipinski definition) is 2. The van der Waals surface area contributed by atoms with Crippen molar-refractivity contribution in [3.63, 3.8) is 0 Å². The normalized spacial score (nSPS) is 10.4. The first kappa shape index (κ1) is 13.2. The summed E-state index contributed by atoms with van der Waals surface area (Å²) in [6.07, 6.45) is 0. The van der Waals surface area contributed by atoms with E-state index in [1.165, 1.54) is 4.88 Å². The van der Waals surface area contributed by atoms with Gasteiger partial charge in [-0.2, -0.15) is 0 Å². The van der Waals surface area contributed by atoms with E-state index in [0.29, 0.717) is 0 Å². The summed E-state index contributed by atoms with van der Waals surface area (Å²) in [5.41, 5.74) is 9.00. The van der Waals surface area contributed by atoms with E-state index in [1.54, 1.807) is 11.3 Å². The molecule has 0 saturated carbocycles. The fourth-order valence-corrected chi connectivity index (χ4v) is 2.81. The van der Waals surface area contributed by atoms with E-state index in [-0.39, 0.29) is 0 Å². The molecule has 3 nitrogen and oxygen atoms in total. The van der Waals surface area contributed by atoms with Crippen LogP contribution < -0.4 is 16.0 Å². The minimum atomic E-state index is 0.751. The van der Waals surface area contributed by atoms with E-state index in [4.69, 9.17) is 5.73 Å². The molecule has 0 amide bonds. The third kappa shape index (κ3) is 2.97. The van der Waals surface area contributed by atoms with Gasteiger partial charge in [0, 0.05) is 29.1 Å². The highest BCUT2D eigenvalue weighted by Gasteiger charge is 2.06. The summed E-state index contributed by atoms with van der Waals surface area (Å²) >= 11 is 5.17. The lowest BCUT2D eigenvalue weighted by atomic mass is 10.2. The van der Waals surface area contributed by atoms with E-state index in [9.17, 15) is 0 Å². The van der Waals surface area contributed by atoms with Gasteiger partial charge in [-0.15, -0.1) is 11.3 Å². The fourth-order valence-electron chi connectivity index (χ4n) is 1.71. The van der Waals surface area contributed by atoms with Gasteiger partial charge in [0.1, 0.15) is 0 Å². The Kier molecular flexibility index (Phi) is 4.14. The average molecular weight is 326 g/mol. The number of hydrogen-bond acceptors (Lipinski definition) is 4. The van der Waals surface area contributed by atoms with Gasteiger partial charge in [0.05, 0.1) is 17.9 Å². The highest BCUT2D eigenvalue weighted by Crippen LogP contribution is 2.29. The van der Waals surface area contributed by atoms with Gasteiger partial charge < -0.3 is 16.0 Å². The molecule has 96 valence electrons. The van der Waals surface area contributed by atoms with Crippen molar-refractivity contribution in [3.8, 4) is 0 Å². The van der Waals surface area contributed by atoms with E-state index >= 15 is 0 Å². The van der Waals surface area contributed by atoms with Crippen LogP contribution in [0.4, 0.5) is 17.1 Å². The van der Waals surface area contributed by atoms with Crippen molar-refractivity contribution in [3.05, 3.63) is 39.0 Å². The smallest absolute Gasteiger partial charge is 0.0597 e. The first-order chi connectivity index (χ1) is 8.58. The number of anilines is 3. The van der Waals surface area contributed by atoms with Crippen LogP contribution in [-0.2, 0) is 6.54 Å². The molecule has 2 aromatic rings. The topological polar surface area (TPSA) is 41.3 Å². The first-order valence-corrected chi connectivity index (χ1v) is 7.28. The summed E-state index contributed by atoms with van der Waals surface area (Å²) in [6.45, 7) is 0.751. The number of nitrogens with zero attached hydrogens (tertiary/aromatic N) is 1. The Morgan fingerprint density at radius 1 is 1.33 bits per heavy atom. The van der Waals surface area contributed by atoms with Gasteiger partial charge in [-0.1, -0.05) is 15.9 Å². The average Bonchev–Trinajstić information content (AvgIpc) is 2.72. The molecule has 0 aliphatic heterocycles. The molecule has 1 aromatic heterocycles. The van der Waals surface area contributed by atoms with Crippen molar-refractivity contribution in [1.29, 1.82) is 0 Å². The summed E-state index contributed by atoms with van der Waals surface area (Å²) in [4.78, 5) is 3.26. The number of nitrogens with two attached hydrogens (primary N) is 1. The van der Waals surface area contributed by atoms with Crippen LogP contribution in [0.2, 0.25) is 0 Å². The first-order valence-electron chi connectivity index (χ1n) is 5.60. The number of thiophene rings is 1. The summed E-state index contributed by atoms with van der Waals surface area (Å²) in [6, 6.07) is 8.15. The minimum absolute atomic E-state index is 0.751. The maximum Gasteiger partial charge on any atom is 0.0597 e. The van der Waals surface area contributed by atoms with Crippen molar-refractivity contribution in [2.75, 3.05) is 30.0 Å². The molecule has 0 atom stereocenters. The summed E-state index contributed by atoms with van der Waals surface area (Å²) in [5, 5.41) is 5.45.